The Morgan fingerprint density at radius 3 is 2.64 bits per heavy atom. The maximum atomic E-state index is 13.0. The average molecular weight is 478 g/mol. The van der Waals surface area contributed by atoms with Crippen molar-refractivity contribution in [1.29, 1.82) is 5.26 Å². The van der Waals surface area contributed by atoms with Gasteiger partial charge in [-0.2, -0.15) is 28.2 Å². The second-order valence-electron chi connectivity index (χ2n) is 6.74. The molecule has 0 unspecified atom stereocenters. The van der Waals surface area contributed by atoms with Crippen LogP contribution in [0.2, 0.25) is 5.02 Å². The molecular formula is C20H15ClF3N7O2. The van der Waals surface area contributed by atoms with Gasteiger partial charge in [0.15, 0.2) is 11.6 Å². The van der Waals surface area contributed by atoms with Gasteiger partial charge in [-0.05, 0) is 37.3 Å². The molecule has 0 aliphatic carbocycles. The Bertz CT molecular complexity index is 1220. The van der Waals surface area contributed by atoms with Crippen molar-refractivity contribution >= 4 is 29.1 Å². The van der Waals surface area contributed by atoms with Gasteiger partial charge in [0.2, 0.25) is 5.91 Å². The molecule has 0 spiro atoms. The Kier molecular flexibility index (Phi) is 6.93. The Labute approximate surface area is 190 Å². The van der Waals surface area contributed by atoms with E-state index in [0.29, 0.717) is 17.6 Å². The van der Waals surface area contributed by atoms with E-state index in [1.165, 1.54) is 29.3 Å². The van der Waals surface area contributed by atoms with E-state index in [2.05, 4.69) is 25.7 Å². The summed E-state index contributed by atoms with van der Waals surface area (Å²) in [5.74, 6) is -0.702. The summed E-state index contributed by atoms with van der Waals surface area (Å²) in [6, 6.07) is 6.61. The summed E-state index contributed by atoms with van der Waals surface area (Å²) in [6.07, 6.45) is -2.38. The first-order chi connectivity index (χ1) is 15.6. The number of halogens is 4. The summed E-state index contributed by atoms with van der Waals surface area (Å²) in [7, 11) is 0. The van der Waals surface area contributed by atoms with E-state index >= 15 is 0 Å². The monoisotopic (exact) mass is 477 g/mol. The zero-order chi connectivity index (χ0) is 24.2. The zero-order valence-corrected chi connectivity index (χ0v) is 17.6. The molecule has 0 fully saturated rings. The SMILES string of the molecule is C[C@H](NC(=O)c1cc(Cl)cc(C(F)(F)F)c1)c1ncnn1-c1ccc(NC(=O)CC#N)cn1. The lowest BCUT2D eigenvalue weighted by Gasteiger charge is -2.15. The molecule has 1 aromatic carbocycles. The van der Waals surface area contributed by atoms with Crippen molar-refractivity contribution in [2.24, 2.45) is 0 Å². The molecule has 2 aromatic heterocycles. The van der Waals surface area contributed by atoms with E-state index in [-0.39, 0.29) is 22.8 Å². The van der Waals surface area contributed by atoms with Crippen LogP contribution >= 0.6 is 11.6 Å². The number of aromatic nitrogens is 4. The molecule has 9 nitrogen and oxygen atoms in total. The van der Waals surface area contributed by atoms with Crippen molar-refractivity contribution in [3.63, 3.8) is 0 Å². The molecule has 2 N–H and O–H groups in total. The lowest BCUT2D eigenvalue weighted by Crippen LogP contribution is -2.29. The van der Waals surface area contributed by atoms with Crippen molar-refractivity contribution in [3.8, 4) is 11.9 Å². The number of nitriles is 1. The smallest absolute Gasteiger partial charge is 0.342 e. The molecule has 0 bridgehead atoms. The van der Waals surface area contributed by atoms with Gasteiger partial charge in [0, 0.05) is 10.6 Å². The molecule has 0 aliphatic rings. The topological polar surface area (TPSA) is 126 Å². The van der Waals surface area contributed by atoms with Gasteiger partial charge in [0.25, 0.3) is 5.91 Å². The number of alkyl halides is 3. The van der Waals surface area contributed by atoms with Crippen LogP contribution in [0.15, 0.2) is 42.9 Å². The van der Waals surface area contributed by atoms with Crippen LogP contribution in [0.25, 0.3) is 5.82 Å². The molecule has 0 radical (unpaired) electrons. The highest BCUT2D eigenvalue weighted by molar-refractivity contribution is 6.31. The highest BCUT2D eigenvalue weighted by Gasteiger charge is 2.32. The number of nitrogens with zero attached hydrogens (tertiary/aromatic N) is 5. The number of carbonyl (C=O) groups is 2. The summed E-state index contributed by atoms with van der Waals surface area (Å²) in [4.78, 5) is 32.3. The zero-order valence-electron chi connectivity index (χ0n) is 16.9. The Morgan fingerprint density at radius 1 is 1.24 bits per heavy atom. The number of nitrogens with one attached hydrogen (secondary N) is 2. The standard InChI is InChI=1S/C20H15ClF3N7O2/c1-11(29-19(33)12-6-13(20(22,23)24)8-14(21)7-12)18-27-10-28-31(18)16-3-2-15(9-26-16)30-17(32)4-5-25/h2-3,6-11H,4H2,1H3,(H,29,33)(H,30,32)/t11-/m0/s1. The number of pyridine rings is 1. The fourth-order valence-corrected chi connectivity index (χ4v) is 3.05. The molecule has 0 aliphatic heterocycles. The number of anilines is 1. The summed E-state index contributed by atoms with van der Waals surface area (Å²) in [5.41, 5.74) is -0.936. The first-order valence-electron chi connectivity index (χ1n) is 9.30. The third-order valence-corrected chi connectivity index (χ3v) is 4.50. The summed E-state index contributed by atoms with van der Waals surface area (Å²) in [6.45, 7) is 1.57. The van der Waals surface area contributed by atoms with E-state index < -0.39 is 29.6 Å². The predicted octanol–water partition coefficient (Wildman–Crippen LogP) is 3.68. The molecular weight excluding hydrogens is 463 g/mol. The molecule has 2 amide bonds. The highest BCUT2D eigenvalue weighted by Crippen LogP contribution is 2.32. The lowest BCUT2D eigenvalue weighted by atomic mass is 10.1. The quantitative estimate of drug-likeness (QED) is 0.558. The van der Waals surface area contributed by atoms with Gasteiger partial charge in [0.05, 0.1) is 29.6 Å². The van der Waals surface area contributed by atoms with E-state index in [1.807, 2.05) is 0 Å². The molecule has 1 atom stereocenters. The minimum absolute atomic E-state index is 0.225. The van der Waals surface area contributed by atoms with Crippen LogP contribution < -0.4 is 10.6 Å². The van der Waals surface area contributed by atoms with Crippen LogP contribution in [0, 0.1) is 11.3 Å². The fraction of sp³-hybridized carbons (Fsp3) is 0.200. The predicted molar refractivity (Wildman–Crippen MR) is 110 cm³/mol. The van der Waals surface area contributed by atoms with E-state index in [0.717, 1.165) is 12.1 Å². The van der Waals surface area contributed by atoms with Gasteiger partial charge in [-0.1, -0.05) is 11.6 Å². The summed E-state index contributed by atoms with van der Waals surface area (Å²) < 4.78 is 40.4. The van der Waals surface area contributed by atoms with Gasteiger partial charge in [-0.3, -0.25) is 9.59 Å². The average Bonchev–Trinajstić information content (AvgIpc) is 3.23. The normalized spacial score (nSPS) is 12.0. The molecule has 170 valence electrons. The lowest BCUT2D eigenvalue weighted by molar-refractivity contribution is -0.137. The van der Waals surface area contributed by atoms with Crippen molar-refractivity contribution < 1.29 is 22.8 Å². The first-order valence-corrected chi connectivity index (χ1v) is 9.68. The Hall–Kier alpha value is -3.98. The molecule has 0 saturated heterocycles. The van der Waals surface area contributed by atoms with Crippen LogP contribution in [0.4, 0.5) is 18.9 Å². The number of amides is 2. The maximum Gasteiger partial charge on any atom is 0.416 e. The van der Waals surface area contributed by atoms with Crippen LogP contribution in [0.3, 0.4) is 0 Å². The molecule has 0 saturated carbocycles. The third kappa shape index (κ3) is 5.83. The second kappa shape index (κ2) is 9.66. The van der Waals surface area contributed by atoms with Crippen LogP contribution in [-0.4, -0.2) is 31.6 Å². The summed E-state index contributed by atoms with van der Waals surface area (Å²) >= 11 is 5.75. The van der Waals surface area contributed by atoms with E-state index in [1.54, 1.807) is 13.0 Å². The van der Waals surface area contributed by atoms with Gasteiger partial charge in [0.1, 0.15) is 12.7 Å². The number of hydrogen-bond donors (Lipinski definition) is 2. The minimum Gasteiger partial charge on any atom is -0.342 e. The van der Waals surface area contributed by atoms with Gasteiger partial charge < -0.3 is 10.6 Å². The van der Waals surface area contributed by atoms with Crippen molar-refractivity contribution in [2.75, 3.05) is 5.32 Å². The van der Waals surface area contributed by atoms with E-state index in [9.17, 15) is 22.8 Å². The fourth-order valence-electron chi connectivity index (χ4n) is 2.81. The molecule has 3 aromatic rings. The molecule has 2 heterocycles. The summed E-state index contributed by atoms with van der Waals surface area (Å²) in [5, 5.41) is 17.4. The number of hydrogen-bond acceptors (Lipinski definition) is 6. The van der Waals surface area contributed by atoms with Crippen LogP contribution in [0.1, 0.15) is 41.1 Å². The maximum absolute atomic E-state index is 13.0. The van der Waals surface area contributed by atoms with Crippen LogP contribution in [-0.2, 0) is 11.0 Å². The molecule has 13 heteroatoms. The first kappa shape index (κ1) is 23.7. The number of rotatable bonds is 6. The Morgan fingerprint density at radius 2 is 2.00 bits per heavy atom. The molecule has 3 rings (SSSR count). The van der Waals surface area contributed by atoms with Crippen LogP contribution in [0.5, 0.6) is 0 Å². The van der Waals surface area contributed by atoms with Gasteiger partial charge >= 0.3 is 6.18 Å². The number of carbonyl (C=O) groups excluding carboxylic acids is 2. The van der Waals surface area contributed by atoms with Gasteiger partial charge in [-0.15, -0.1) is 0 Å². The molecule has 33 heavy (non-hydrogen) atoms. The number of benzene rings is 1. The highest BCUT2D eigenvalue weighted by atomic mass is 35.5. The van der Waals surface area contributed by atoms with Gasteiger partial charge in [-0.25, -0.2) is 9.97 Å². The van der Waals surface area contributed by atoms with Crippen molar-refractivity contribution in [2.45, 2.75) is 25.6 Å². The second-order valence-corrected chi connectivity index (χ2v) is 7.18. The largest absolute Gasteiger partial charge is 0.416 e. The Balaban J connectivity index is 1.77. The van der Waals surface area contributed by atoms with Crippen molar-refractivity contribution in [1.82, 2.24) is 25.1 Å². The third-order valence-electron chi connectivity index (χ3n) is 4.28. The van der Waals surface area contributed by atoms with Crippen molar-refractivity contribution in [3.05, 3.63) is 64.8 Å². The minimum atomic E-state index is -4.66. The van der Waals surface area contributed by atoms with E-state index in [4.69, 9.17) is 16.9 Å².